The molecule has 2 aromatic rings. The second-order valence-corrected chi connectivity index (χ2v) is 8.05. The Labute approximate surface area is 153 Å². The predicted molar refractivity (Wildman–Crippen MR) is 98.7 cm³/mol. The Balaban J connectivity index is 1.75. The van der Waals surface area contributed by atoms with Gasteiger partial charge in [0.1, 0.15) is 5.56 Å². The highest BCUT2D eigenvalue weighted by Crippen LogP contribution is 2.23. The zero-order valence-corrected chi connectivity index (χ0v) is 15.3. The second kappa shape index (κ2) is 7.74. The van der Waals surface area contributed by atoms with Crippen LogP contribution in [0.1, 0.15) is 23.2 Å². The number of hydrogen-bond acceptors (Lipinski definition) is 5. The average molecular weight is 375 g/mol. The second-order valence-electron chi connectivity index (χ2n) is 6.09. The average Bonchev–Trinajstić information content (AvgIpc) is 2.68. The fourth-order valence-electron chi connectivity index (χ4n) is 3.02. The maximum absolute atomic E-state index is 12.8. The minimum absolute atomic E-state index is 0.138. The Morgan fingerprint density at radius 1 is 1.23 bits per heavy atom. The summed E-state index contributed by atoms with van der Waals surface area (Å²) < 4.78 is 33.1. The molecule has 7 nitrogen and oxygen atoms in total. The molecule has 8 heteroatoms. The Hall–Kier alpha value is -2.61. The van der Waals surface area contributed by atoms with Gasteiger partial charge in [-0.1, -0.05) is 18.2 Å². The van der Waals surface area contributed by atoms with Gasteiger partial charge in [0.2, 0.25) is 15.9 Å². The molecule has 3 rings (SSSR count). The summed E-state index contributed by atoms with van der Waals surface area (Å²) in [6, 6.07) is 12.0. The van der Waals surface area contributed by atoms with Crippen molar-refractivity contribution in [1.82, 2.24) is 9.88 Å². The van der Waals surface area contributed by atoms with E-state index in [4.69, 9.17) is 4.74 Å². The van der Waals surface area contributed by atoms with E-state index in [1.807, 2.05) is 6.07 Å². The van der Waals surface area contributed by atoms with E-state index >= 15 is 0 Å². The number of nitrogens with zero attached hydrogens (tertiary/aromatic N) is 2. The van der Waals surface area contributed by atoms with Gasteiger partial charge in [-0.05, 0) is 37.1 Å². The van der Waals surface area contributed by atoms with Crippen molar-refractivity contribution in [2.45, 2.75) is 18.1 Å². The molecule has 1 amide bonds. The van der Waals surface area contributed by atoms with Crippen molar-refractivity contribution in [3.63, 3.8) is 0 Å². The monoisotopic (exact) mass is 375 g/mol. The number of aromatic nitrogens is 1. The van der Waals surface area contributed by atoms with Crippen LogP contribution in [0.4, 0.5) is 5.69 Å². The van der Waals surface area contributed by atoms with E-state index in [1.165, 1.54) is 7.11 Å². The summed E-state index contributed by atoms with van der Waals surface area (Å²) >= 11 is 0. The maximum Gasteiger partial charge on any atom is 0.259 e. The zero-order valence-electron chi connectivity index (χ0n) is 14.5. The van der Waals surface area contributed by atoms with Crippen LogP contribution in [0.25, 0.3) is 0 Å². The molecule has 1 aliphatic rings. The molecule has 138 valence electrons. The van der Waals surface area contributed by atoms with Crippen LogP contribution in [-0.4, -0.2) is 49.7 Å². The zero-order chi connectivity index (χ0) is 18.6. The highest BCUT2D eigenvalue weighted by Gasteiger charge is 2.33. The molecule has 0 bridgehead atoms. The van der Waals surface area contributed by atoms with Gasteiger partial charge in [-0.15, -0.1) is 0 Å². The van der Waals surface area contributed by atoms with Gasteiger partial charge in [0.05, 0.1) is 12.4 Å². The fraction of sp³-hybridized carbons (Fsp3) is 0.333. The number of carbonyl (C=O) groups is 1. The Morgan fingerprint density at radius 3 is 2.73 bits per heavy atom. The predicted octanol–water partition coefficient (Wildman–Crippen LogP) is 2.14. The molecule has 1 N–H and O–H groups in total. The number of pyridine rings is 1. The van der Waals surface area contributed by atoms with Crippen molar-refractivity contribution in [2.75, 3.05) is 24.9 Å². The summed E-state index contributed by atoms with van der Waals surface area (Å²) in [5.74, 6) is -0.0283. The number of methoxy groups -OCH3 is 1. The number of rotatable bonds is 5. The third-order valence-electron chi connectivity index (χ3n) is 4.33. The van der Waals surface area contributed by atoms with E-state index in [-0.39, 0.29) is 18.3 Å². The Morgan fingerprint density at radius 2 is 2.00 bits per heavy atom. The standard InChI is InChI=1S/C18H21N3O4S/c1-25-17-16(10-5-11-19-17)18(22)21-12-6-9-15(13-21)26(23,24)20-14-7-3-2-4-8-14/h2-5,7-8,10-11,15,20H,6,9,12-13H2,1H3/t15-/m0/s1. The molecule has 1 aromatic carbocycles. The molecule has 1 fully saturated rings. The van der Waals surface area contributed by atoms with Crippen LogP contribution in [0.5, 0.6) is 5.88 Å². The number of carbonyl (C=O) groups excluding carboxylic acids is 1. The van der Waals surface area contributed by atoms with Crippen molar-refractivity contribution in [2.24, 2.45) is 0 Å². The first-order chi connectivity index (χ1) is 12.5. The lowest BCUT2D eigenvalue weighted by Gasteiger charge is -2.32. The van der Waals surface area contributed by atoms with Gasteiger partial charge in [-0.3, -0.25) is 9.52 Å². The lowest BCUT2D eigenvalue weighted by atomic mass is 10.1. The topological polar surface area (TPSA) is 88.6 Å². The number of sulfonamides is 1. The van der Waals surface area contributed by atoms with Crippen molar-refractivity contribution in [3.05, 3.63) is 54.2 Å². The van der Waals surface area contributed by atoms with Gasteiger partial charge in [0.25, 0.3) is 5.91 Å². The number of benzene rings is 1. The molecule has 1 atom stereocenters. The lowest BCUT2D eigenvalue weighted by Crippen LogP contribution is -2.46. The first-order valence-electron chi connectivity index (χ1n) is 8.36. The first-order valence-corrected chi connectivity index (χ1v) is 9.91. The first kappa shape index (κ1) is 18.2. The highest BCUT2D eigenvalue weighted by molar-refractivity contribution is 7.93. The number of hydrogen-bond donors (Lipinski definition) is 1. The van der Waals surface area contributed by atoms with E-state index in [2.05, 4.69) is 9.71 Å². The number of amides is 1. The summed E-state index contributed by atoms with van der Waals surface area (Å²) in [5, 5.41) is -0.664. The number of piperidine rings is 1. The van der Waals surface area contributed by atoms with Crippen molar-refractivity contribution >= 4 is 21.6 Å². The highest BCUT2D eigenvalue weighted by atomic mass is 32.2. The summed E-state index contributed by atoms with van der Waals surface area (Å²) in [6.07, 6.45) is 2.67. The van der Waals surface area contributed by atoms with E-state index in [9.17, 15) is 13.2 Å². The van der Waals surface area contributed by atoms with Gasteiger partial charge in [0, 0.05) is 25.0 Å². The van der Waals surface area contributed by atoms with Gasteiger partial charge >= 0.3 is 0 Å². The molecule has 2 heterocycles. The molecule has 1 aromatic heterocycles. The molecule has 0 saturated carbocycles. The smallest absolute Gasteiger partial charge is 0.259 e. The molecule has 1 saturated heterocycles. The summed E-state index contributed by atoms with van der Waals surface area (Å²) in [7, 11) is -2.14. The van der Waals surface area contributed by atoms with Crippen LogP contribution >= 0.6 is 0 Å². The summed E-state index contributed by atoms with van der Waals surface area (Å²) in [4.78, 5) is 18.4. The lowest BCUT2D eigenvalue weighted by molar-refractivity contribution is 0.0723. The van der Waals surface area contributed by atoms with E-state index in [0.717, 1.165) is 0 Å². The van der Waals surface area contributed by atoms with Crippen LogP contribution in [0.15, 0.2) is 48.7 Å². The Kier molecular flexibility index (Phi) is 5.41. The van der Waals surface area contributed by atoms with Crippen LogP contribution in [-0.2, 0) is 10.0 Å². The quantitative estimate of drug-likeness (QED) is 0.865. The van der Waals surface area contributed by atoms with Crippen molar-refractivity contribution in [3.8, 4) is 5.88 Å². The molecule has 0 radical (unpaired) electrons. The Bertz CT molecular complexity index is 871. The molecule has 0 aliphatic carbocycles. The molecule has 26 heavy (non-hydrogen) atoms. The number of anilines is 1. The van der Waals surface area contributed by atoms with Gasteiger partial charge < -0.3 is 9.64 Å². The minimum Gasteiger partial charge on any atom is -0.480 e. The number of ether oxygens (including phenoxy) is 1. The number of nitrogens with one attached hydrogen (secondary N) is 1. The molecule has 0 unspecified atom stereocenters. The van der Waals surface area contributed by atoms with Crippen molar-refractivity contribution < 1.29 is 17.9 Å². The third kappa shape index (κ3) is 3.96. The summed E-state index contributed by atoms with van der Waals surface area (Å²) in [5.41, 5.74) is 0.856. The number of likely N-dealkylation sites (tertiary alicyclic amines) is 1. The largest absolute Gasteiger partial charge is 0.480 e. The van der Waals surface area contributed by atoms with Crippen LogP contribution < -0.4 is 9.46 Å². The van der Waals surface area contributed by atoms with Crippen molar-refractivity contribution in [1.29, 1.82) is 0 Å². The van der Waals surface area contributed by atoms with E-state index < -0.39 is 15.3 Å². The molecule has 1 aliphatic heterocycles. The van der Waals surface area contributed by atoms with E-state index in [0.29, 0.717) is 30.6 Å². The number of para-hydroxylation sites is 1. The molecular weight excluding hydrogens is 354 g/mol. The minimum atomic E-state index is -3.59. The summed E-state index contributed by atoms with van der Waals surface area (Å²) in [6.45, 7) is 0.646. The van der Waals surface area contributed by atoms with Gasteiger partial charge in [-0.2, -0.15) is 0 Å². The normalized spacial score (nSPS) is 17.6. The molecular formula is C18H21N3O4S. The van der Waals surface area contributed by atoms with Crippen LogP contribution in [0.3, 0.4) is 0 Å². The van der Waals surface area contributed by atoms with E-state index in [1.54, 1.807) is 47.5 Å². The van der Waals surface area contributed by atoms with Crippen LogP contribution in [0, 0.1) is 0 Å². The van der Waals surface area contributed by atoms with Crippen LogP contribution in [0.2, 0.25) is 0 Å². The van der Waals surface area contributed by atoms with Gasteiger partial charge in [0.15, 0.2) is 0 Å². The molecule has 0 spiro atoms. The fourth-order valence-corrected chi connectivity index (χ4v) is 4.50. The third-order valence-corrected chi connectivity index (χ3v) is 6.12. The maximum atomic E-state index is 12.8. The SMILES string of the molecule is COc1ncccc1C(=O)N1CCC[C@H](S(=O)(=O)Nc2ccccc2)C1. The van der Waals surface area contributed by atoms with Gasteiger partial charge in [-0.25, -0.2) is 13.4 Å².